The highest BCUT2D eigenvalue weighted by Gasteiger charge is 2.17. The standard InChI is InChI=1S/C15H21ClN2O/c1-13(11-16)12-17-6-8-18(9-7-17)14-4-3-5-15(10-14)19-2/h3-5,10H,1,6-9,11-12H2,2H3. The minimum absolute atomic E-state index is 0.552. The Bertz CT molecular complexity index is 428. The van der Waals surface area contributed by atoms with Crippen LogP contribution in [0.1, 0.15) is 0 Å². The van der Waals surface area contributed by atoms with Crippen molar-refractivity contribution in [2.24, 2.45) is 0 Å². The summed E-state index contributed by atoms with van der Waals surface area (Å²) in [5, 5.41) is 0. The highest BCUT2D eigenvalue weighted by molar-refractivity contribution is 6.19. The molecule has 1 saturated heterocycles. The molecule has 0 saturated carbocycles. The minimum Gasteiger partial charge on any atom is -0.497 e. The van der Waals surface area contributed by atoms with Crippen LogP contribution in [0, 0.1) is 0 Å². The number of hydrogen-bond acceptors (Lipinski definition) is 3. The van der Waals surface area contributed by atoms with Crippen LogP contribution in [0.4, 0.5) is 5.69 Å². The molecule has 0 spiro atoms. The fourth-order valence-electron chi connectivity index (χ4n) is 2.33. The van der Waals surface area contributed by atoms with Gasteiger partial charge in [0.2, 0.25) is 0 Å². The molecule has 0 aliphatic carbocycles. The summed E-state index contributed by atoms with van der Waals surface area (Å²) < 4.78 is 5.27. The molecule has 1 aliphatic heterocycles. The van der Waals surface area contributed by atoms with Gasteiger partial charge in [-0.15, -0.1) is 11.6 Å². The van der Waals surface area contributed by atoms with E-state index in [9.17, 15) is 0 Å². The van der Waals surface area contributed by atoms with Crippen molar-refractivity contribution in [3.8, 4) is 5.75 Å². The van der Waals surface area contributed by atoms with Crippen LogP contribution in [-0.2, 0) is 0 Å². The molecular weight excluding hydrogens is 260 g/mol. The third-order valence-electron chi connectivity index (χ3n) is 3.43. The van der Waals surface area contributed by atoms with Crippen LogP contribution in [0.15, 0.2) is 36.4 Å². The fourth-order valence-corrected chi connectivity index (χ4v) is 2.41. The Balaban J connectivity index is 1.90. The van der Waals surface area contributed by atoms with Crippen molar-refractivity contribution in [3.05, 3.63) is 36.4 Å². The van der Waals surface area contributed by atoms with Crippen LogP contribution in [-0.4, -0.2) is 50.6 Å². The molecule has 0 unspecified atom stereocenters. The second-order valence-corrected chi connectivity index (χ2v) is 5.12. The lowest BCUT2D eigenvalue weighted by Crippen LogP contribution is -2.47. The molecule has 0 aromatic heterocycles. The molecule has 0 radical (unpaired) electrons. The molecule has 1 aromatic carbocycles. The monoisotopic (exact) mass is 280 g/mol. The summed E-state index contributed by atoms with van der Waals surface area (Å²) in [4.78, 5) is 4.80. The Morgan fingerprint density at radius 3 is 2.68 bits per heavy atom. The first-order valence-electron chi connectivity index (χ1n) is 6.57. The lowest BCUT2D eigenvalue weighted by Gasteiger charge is -2.36. The Morgan fingerprint density at radius 1 is 1.32 bits per heavy atom. The second-order valence-electron chi connectivity index (χ2n) is 4.85. The van der Waals surface area contributed by atoms with E-state index < -0.39 is 0 Å². The summed E-state index contributed by atoms with van der Waals surface area (Å²) in [6.07, 6.45) is 0. The lowest BCUT2D eigenvalue weighted by atomic mass is 10.2. The molecule has 19 heavy (non-hydrogen) atoms. The number of nitrogens with zero attached hydrogens (tertiary/aromatic N) is 2. The highest BCUT2D eigenvalue weighted by atomic mass is 35.5. The SMILES string of the molecule is C=C(CCl)CN1CCN(c2cccc(OC)c2)CC1. The average Bonchev–Trinajstić information content (AvgIpc) is 2.48. The first-order chi connectivity index (χ1) is 9.22. The van der Waals surface area contributed by atoms with Gasteiger partial charge in [0.05, 0.1) is 7.11 Å². The zero-order chi connectivity index (χ0) is 13.7. The van der Waals surface area contributed by atoms with Gasteiger partial charge in [0.1, 0.15) is 5.75 Å². The number of ether oxygens (including phenoxy) is 1. The van der Waals surface area contributed by atoms with Gasteiger partial charge in [0, 0.05) is 50.4 Å². The van der Waals surface area contributed by atoms with Crippen molar-refractivity contribution in [1.82, 2.24) is 4.90 Å². The van der Waals surface area contributed by atoms with Gasteiger partial charge in [-0.2, -0.15) is 0 Å². The van der Waals surface area contributed by atoms with Gasteiger partial charge in [0.25, 0.3) is 0 Å². The van der Waals surface area contributed by atoms with Gasteiger partial charge in [-0.3, -0.25) is 4.90 Å². The maximum atomic E-state index is 5.78. The highest BCUT2D eigenvalue weighted by Crippen LogP contribution is 2.22. The molecule has 0 atom stereocenters. The number of anilines is 1. The van der Waals surface area contributed by atoms with Gasteiger partial charge in [0.15, 0.2) is 0 Å². The third kappa shape index (κ3) is 3.88. The maximum absolute atomic E-state index is 5.78. The predicted molar refractivity (Wildman–Crippen MR) is 81.5 cm³/mol. The molecule has 1 heterocycles. The van der Waals surface area contributed by atoms with Crippen LogP contribution in [0.3, 0.4) is 0 Å². The average molecular weight is 281 g/mol. The molecule has 0 bridgehead atoms. The molecule has 0 N–H and O–H groups in total. The Labute approximate surface area is 120 Å². The molecule has 1 aromatic rings. The summed E-state index contributed by atoms with van der Waals surface area (Å²) in [6, 6.07) is 8.24. The number of hydrogen-bond donors (Lipinski definition) is 0. The summed E-state index contributed by atoms with van der Waals surface area (Å²) in [5.74, 6) is 1.46. The summed E-state index contributed by atoms with van der Waals surface area (Å²) in [5.41, 5.74) is 2.33. The van der Waals surface area contributed by atoms with E-state index in [1.54, 1.807) is 7.11 Å². The maximum Gasteiger partial charge on any atom is 0.120 e. The smallest absolute Gasteiger partial charge is 0.120 e. The zero-order valence-electron chi connectivity index (χ0n) is 11.4. The zero-order valence-corrected chi connectivity index (χ0v) is 12.2. The van der Waals surface area contributed by atoms with Crippen molar-refractivity contribution in [2.45, 2.75) is 0 Å². The van der Waals surface area contributed by atoms with E-state index in [1.807, 2.05) is 12.1 Å². The largest absolute Gasteiger partial charge is 0.497 e. The summed E-state index contributed by atoms with van der Waals surface area (Å²) >= 11 is 5.78. The van der Waals surface area contributed by atoms with Crippen molar-refractivity contribution < 1.29 is 4.74 Å². The number of piperazine rings is 1. The quantitative estimate of drug-likeness (QED) is 0.609. The van der Waals surface area contributed by atoms with Crippen LogP contribution in [0.5, 0.6) is 5.75 Å². The van der Waals surface area contributed by atoms with Crippen LogP contribution in [0.25, 0.3) is 0 Å². The van der Waals surface area contributed by atoms with Gasteiger partial charge in [-0.1, -0.05) is 12.6 Å². The van der Waals surface area contributed by atoms with Crippen molar-refractivity contribution in [1.29, 1.82) is 0 Å². The molecule has 1 aliphatic rings. The van der Waals surface area contributed by atoms with Gasteiger partial charge in [-0.25, -0.2) is 0 Å². The van der Waals surface area contributed by atoms with E-state index in [2.05, 4.69) is 28.5 Å². The van der Waals surface area contributed by atoms with Crippen LogP contribution in [0.2, 0.25) is 0 Å². The topological polar surface area (TPSA) is 15.7 Å². The Hall–Kier alpha value is -1.19. The molecule has 4 heteroatoms. The molecule has 3 nitrogen and oxygen atoms in total. The molecule has 0 amide bonds. The van der Waals surface area contributed by atoms with Crippen molar-refractivity contribution >= 4 is 17.3 Å². The van der Waals surface area contributed by atoms with E-state index in [1.165, 1.54) is 5.69 Å². The molecule has 1 fully saturated rings. The summed E-state index contributed by atoms with van der Waals surface area (Å²) in [6.45, 7) is 9.03. The van der Waals surface area contributed by atoms with E-state index in [0.29, 0.717) is 5.88 Å². The lowest BCUT2D eigenvalue weighted by molar-refractivity contribution is 0.278. The summed E-state index contributed by atoms with van der Waals surface area (Å²) in [7, 11) is 1.70. The van der Waals surface area contributed by atoms with E-state index >= 15 is 0 Å². The molecular formula is C15H21ClN2O. The van der Waals surface area contributed by atoms with E-state index in [-0.39, 0.29) is 0 Å². The Kier molecular flexibility index (Phi) is 5.11. The first-order valence-corrected chi connectivity index (χ1v) is 7.10. The van der Waals surface area contributed by atoms with E-state index in [0.717, 1.165) is 44.0 Å². The normalized spacial score (nSPS) is 16.4. The number of alkyl halides is 1. The van der Waals surface area contributed by atoms with Gasteiger partial charge < -0.3 is 9.64 Å². The van der Waals surface area contributed by atoms with Gasteiger partial charge in [-0.05, 0) is 17.7 Å². The van der Waals surface area contributed by atoms with Gasteiger partial charge >= 0.3 is 0 Å². The second kappa shape index (κ2) is 6.83. The van der Waals surface area contributed by atoms with Crippen LogP contribution < -0.4 is 9.64 Å². The number of rotatable bonds is 5. The van der Waals surface area contributed by atoms with Crippen molar-refractivity contribution in [2.75, 3.05) is 50.6 Å². The minimum atomic E-state index is 0.552. The predicted octanol–water partition coefficient (Wildman–Crippen LogP) is 2.61. The first kappa shape index (κ1) is 14.2. The molecule has 2 rings (SSSR count). The fraction of sp³-hybridized carbons (Fsp3) is 0.467. The van der Waals surface area contributed by atoms with E-state index in [4.69, 9.17) is 16.3 Å². The third-order valence-corrected chi connectivity index (χ3v) is 3.80. The number of methoxy groups -OCH3 is 1. The number of halogens is 1. The van der Waals surface area contributed by atoms with Crippen LogP contribution >= 0.6 is 11.6 Å². The molecule has 104 valence electrons. The van der Waals surface area contributed by atoms with Crippen molar-refractivity contribution in [3.63, 3.8) is 0 Å². The Morgan fingerprint density at radius 2 is 2.05 bits per heavy atom. The number of benzene rings is 1.